The molecular weight excluding hydrogens is 251 g/mol. The Bertz CT molecular complexity index is 577. The number of carbonyl (C=O) groups excluding carboxylic acids is 2. The van der Waals surface area contributed by atoms with E-state index < -0.39 is 16.1 Å². The Balaban J connectivity index is 2.75. The quantitative estimate of drug-likeness (QED) is 0.579. The molecule has 0 fully saturated rings. The van der Waals surface area contributed by atoms with Crippen LogP contribution < -0.4 is 4.59 Å². The third-order valence-corrected chi connectivity index (χ3v) is 2.99. The van der Waals surface area contributed by atoms with E-state index in [1.807, 2.05) is 20.8 Å². The van der Waals surface area contributed by atoms with Gasteiger partial charge in [0.1, 0.15) is 5.71 Å². The topological polar surface area (TPSA) is 55.7 Å². The highest BCUT2D eigenvalue weighted by molar-refractivity contribution is 6.16. The predicted octanol–water partition coefficient (Wildman–Crippen LogP) is 2.94. The van der Waals surface area contributed by atoms with E-state index in [0.717, 1.165) is 0 Å². The largest absolute Gasteiger partial charge is 0.592 e. The molecule has 2 amide bonds. The molecule has 100 valence electrons. The number of carbonyl (C=O) groups is 2. The molecule has 0 saturated heterocycles. The summed E-state index contributed by atoms with van der Waals surface area (Å²) < 4.78 is 11.1. The fourth-order valence-corrected chi connectivity index (χ4v) is 2.11. The van der Waals surface area contributed by atoms with Gasteiger partial charge in [-0.3, -0.25) is 0 Å². The van der Waals surface area contributed by atoms with Crippen molar-refractivity contribution < 1.29 is 19.1 Å². The third-order valence-electron chi connectivity index (χ3n) is 2.99. The Morgan fingerprint density at radius 2 is 2.00 bits per heavy atom. The molecule has 19 heavy (non-hydrogen) atoms. The van der Waals surface area contributed by atoms with E-state index in [-0.39, 0.29) is 6.41 Å². The second kappa shape index (κ2) is 4.24. The Morgan fingerprint density at radius 1 is 1.37 bits per heavy atom. The molecule has 0 saturated carbocycles. The van der Waals surface area contributed by atoms with Crippen LogP contribution in [-0.2, 0) is 9.74 Å². The SMILES string of the molecule is CC(C)(C)C1=N[N@@+](C=O)(C(=O)OF)c2ccccc21. The number of quaternary nitrogens is 1. The summed E-state index contributed by atoms with van der Waals surface area (Å²) in [6, 6.07) is 6.73. The van der Waals surface area contributed by atoms with Gasteiger partial charge >= 0.3 is 12.5 Å². The van der Waals surface area contributed by atoms with Crippen LogP contribution in [0.3, 0.4) is 0 Å². The summed E-state index contributed by atoms with van der Waals surface area (Å²) in [6.45, 7) is 5.69. The van der Waals surface area contributed by atoms with E-state index in [4.69, 9.17) is 0 Å². The van der Waals surface area contributed by atoms with Crippen LogP contribution in [0.4, 0.5) is 15.0 Å². The highest BCUT2D eigenvalue weighted by Crippen LogP contribution is 2.39. The van der Waals surface area contributed by atoms with E-state index in [9.17, 15) is 14.1 Å². The molecule has 1 aliphatic heterocycles. The average molecular weight is 265 g/mol. The van der Waals surface area contributed by atoms with Crippen LogP contribution in [-0.4, -0.2) is 18.2 Å². The molecule has 0 spiro atoms. The standard InChI is InChI=1S/C13H14FN2O3/c1-13(2,3)11-9-6-4-5-7-10(9)16(8-17,15-11)12(18)19-14/h4-8H,1-3H3/q+1/t16-/m1/s1. The zero-order chi connectivity index (χ0) is 14.3. The number of imide groups is 1. The molecule has 1 aliphatic rings. The summed E-state index contributed by atoms with van der Waals surface area (Å²) in [5, 5.41) is 4.12. The van der Waals surface area contributed by atoms with Crippen LogP contribution in [0.1, 0.15) is 26.3 Å². The van der Waals surface area contributed by atoms with Crippen LogP contribution in [0.25, 0.3) is 0 Å². The number of amides is 2. The number of halogens is 1. The molecule has 0 N–H and O–H groups in total. The molecule has 2 rings (SSSR count). The first kappa shape index (κ1) is 13.4. The van der Waals surface area contributed by atoms with Crippen molar-refractivity contribution in [2.24, 2.45) is 10.5 Å². The van der Waals surface area contributed by atoms with Crippen molar-refractivity contribution >= 4 is 23.9 Å². The molecule has 1 aromatic rings. The number of para-hydroxylation sites is 1. The maximum Gasteiger partial charge on any atom is 0.592 e. The van der Waals surface area contributed by atoms with Gasteiger partial charge in [0.15, 0.2) is 5.69 Å². The lowest BCUT2D eigenvalue weighted by atomic mass is 9.85. The first-order valence-corrected chi connectivity index (χ1v) is 5.75. The van der Waals surface area contributed by atoms with Crippen molar-refractivity contribution in [3.63, 3.8) is 0 Å². The van der Waals surface area contributed by atoms with Crippen LogP contribution in [0.2, 0.25) is 0 Å². The number of fused-ring (bicyclic) bond motifs is 1. The maximum absolute atomic E-state index is 12.3. The molecule has 0 aliphatic carbocycles. The van der Waals surface area contributed by atoms with Gasteiger partial charge in [-0.15, -0.1) is 0 Å². The smallest absolute Gasteiger partial charge is 0.230 e. The predicted molar refractivity (Wildman–Crippen MR) is 67.9 cm³/mol. The van der Waals surface area contributed by atoms with Crippen LogP contribution in [0.5, 0.6) is 0 Å². The number of nitrogens with zero attached hydrogens (tertiary/aromatic N) is 2. The van der Waals surface area contributed by atoms with Gasteiger partial charge in [-0.2, -0.15) is 9.74 Å². The molecule has 1 aromatic carbocycles. The lowest BCUT2D eigenvalue weighted by Crippen LogP contribution is -2.46. The van der Waals surface area contributed by atoms with Crippen molar-refractivity contribution in [1.82, 2.24) is 4.59 Å². The number of benzene rings is 1. The zero-order valence-corrected chi connectivity index (χ0v) is 10.9. The summed E-state index contributed by atoms with van der Waals surface area (Å²) in [6.07, 6.45) is -1.11. The highest BCUT2D eigenvalue weighted by atomic mass is 19.3. The molecule has 0 radical (unpaired) electrons. The third kappa shape index (κ3) is 1.84. The van der Waals surface area contributed by atoms with Gasteiger partial charge in [-0.05, 0) is 10.7 Å². The summed E-state index contributed by atoms with van der Waals surface area (Å²) >= 11 is 0. The summed E-state index contributed by atoms with van der Waals surface area (Å²) in [4.78, 5) is 26.2. The minimum atomic E-state index is -1.37. The van der Waals surface area contributed by atoms with E-state index >= 15 is 0 Å². The van der Waals surface area contributed by atoms with E-state index in [0.29, 0.717) is 17.0 Å². The Hall–Kier alpha value is -2.08. The van der Waals surface area contributed by atoms with Gasteiger partial charge in [0.2, 0.25) is 0 Å². The number of rotatable bonds is 1. The Morgan fingerprint density at radius 3 is 2.53 bits per heavy atom. The highest BCUT2D eigenvalue weighted by Gasteiger charge is 2.52. The van der Waals surface area contributed by atoms with Gasteiger partial charge in [-0.25, -0.2) is 4.79 Å². The van der Waals surface area contributed by atoms with E-state index in [1.54, 1.807) is 24.3 Å². The lowest BCUT2D eigenvalue weighted by Gasteiger charge is -2.16. The Labute approximate surface area is 109 Å². The number of hydrogen-bond acceptors (Lipinski definition) is 4. The number of hydrogen-bond donors (Lipinski definition) is 0. The normalized spacial score (nSPS) is 21.6. The minimum absolute atomic E-state index is 0.263. The first-order chi connectivity index (χ1) is 8.86. The zero-order valence-electron chi connectivity index (χ0n) is 10.9. The van der Waals surface area contributed by atoms with E-state index in [1.165, 1.54) is 0 Å². The second-order valence-electron chi connectivity index (χ2n) is 5.35. The first-order valence-electron chi connectivity index (χ1n) is 5.75. The van der Waals surface area contributed by atoms with Crippen molar-refractivity contribution in [2.45, 2.75) is 20.8 Å². The molecule has 1 atom stereocenters. The van der Waals surface area contributed by atoms with E-state index in [2.05, 4.69) is 10.0 Å². The molecule has 0 unspecified atom stereocenters. The summed E-state index contributed by atoms with van der Waals surface area (Å²) in [7, 11) is 0. The second-order valence-corrected chi connectivity index (χ2v) is 5.35. The molecule has 5 nitrogen and oxygen atoms in total. The molecule has 6 heteroatoms. The summed E-state index contributed by atoms with van der Waals surface area (Å²) in [5.74, 6) is 0. The van der Waals surface area contributed by atoms with Crippen LogP contribution in [0, 0.1) is 5.41 Å². The molecule has 0 aromatic heterocycles. The summed E-state index contributed by atoms with van der Waals surface area (Å²) in [5.41, 5.74) is 1.11. The maximum atomic E-state index is 12.3. The van der Waals surface area contributed by atoms with Gasteiger partial charge in [0.25, 0.3) is 0 Å². The van der Waals surface area contributed by atoms with Crippen molar-refractivity contribution in [1.29, 1.82) is 0 Å². The molecular formula is C13H14FN2O3+. The Kier molecular flexibility index (Phi) is 2.98. The monoisotopic (exact) mass is 265 g/mol. The van der Waals surface area contributed by atoms with Crippen LogP contribution in [0.15, 0.2) is 29.4 Å². The lowest BCUT2D eigenvalue weighted by molar-refractivity contribution is -0.122. The van der Waals surface area contributed by atoms with Gasteiger partial charge in [0.05, 0.1) is 5.56 Å². The fourth-order valence-electron chi connectivity index (χ4n) is 2.11. The van der Waals surface area contributed by atoms with Crippen molar-refractivity contribution in [3.05, 3.63) is 29.8 Å². The van der Waals surface area contributed by atoms with Crippen LogP contribution >= 0.6 is 0 Å². The van der Waals surface area contributed by atoms with Gasteiger partial charge < -0.3 is 0 Å². The molecule has 1 heterocycles. The average Bonchev–Trinajstić information content (AvgIpc) is 2.73. The van der Waals surface area contributed by atoms with Gasteiger partial charge in [0, 0.05) is 16.0 Å². The minimum Gasteiger partial charge on any atom is -0.230 e. The van der Waals surface area contributed by atoms with Crippen molar-refractivity contribution in [3.8, 4) is 0 Å². The van der Waals surface area contributed by atoms with Gasteiger partial charge in [-0.1, -0.05) is 38.0 Å². The molecule has 0 bridgehead atoms. The van der Waals surface area contributed by atoms with Crippen molar-refractivity contribution in [2.75, 3.05) is 0 Å². The fraction of sp³-hybridized carbons (Fsp3) is 0.308.